The van der Waals surface area contributed by atoms with Gasteiger partial charge in [0.05, 0.1) is 0 Å². The first-order valence-electron chi connectivity index (χ1n) is 7.69. The fraction of sp³-hybridized carbons (Fsp3) is 0.500. The summed E-state index contributed by atoms with van der Waals surface area (Å²) < 4.78 is 0. The van der Waals surface area contributed by atoms with Crippen LogP contribution in [0.2, 0.25) is 0 Å². The van der Waals surface area contributed by atoms with Crippen LogP contribution in [0.3, 0.4) is 0 Å². The molecular weight excluding hydrogens is 246 g/mol. The first kappa shape index (κ1) is 16.5. The van der Waals surface area contributed by atoms with Crippen LogP contribution in [0, 0.1) is 0 Å². The molecule has 0 aliphatic rings. The molecule has 1 rings (SSSR count). The molecule has 0 radical (unpaired) electrons. The van der Waals surface area contributed by atoms with E-state index in [1.807, 2.05) is 6.08 Å². The molecule has 2 heteroatoms. The molecule has 110 valence electrons. The number of benzene rings is 1. The molecular formula is C18H27NO. The summed E-state index contributed by atoms with van der Waals surface area (Å²) in [5, 5.41) is 2.92. The molecule has 1 aromatic rings. The monoisotopic (exact) mass is 273 g/mol. The predicted molar refractivity (Wildman–Crippen MR) is 86.7 cm³/mol. The maximum absolute atomic E-state index is 11.6. The number of hydrogen-bond acceptors (Lipinski definition) is 1. The Morgan fingerprint density at radius 1 is 1.15 bits per heavy atom. The predicted octanol–water partition coefficient (Wildman–Crippen LogP) is 4.52. The van der Waals surface area contributed by atoms with Crippen LogP contribution in [0.1, 0.15) is 63.5 Å². The molecule has 0 atom stereocenters. The Bertz CT molecular complexity index is 418. The van der Waals surface area contributed by atoms with Crippen molar-refractivity contribution in [1.82, 2.24) is 5.32 Å². The van der Waals surface area contributed by atoms with E-state index in [9.17, 15) is 4.79 Å². The van der Waals surface area contributed by atoms with Crippen LogP contribution in [0.5, 0.6) is 0 Å². The summed E-state index contributed by atoms with van der Waals surface area (Å²) in [5.74, 6) is 0.536. The summed E-state index contributed by atoms with van der Waals surface area (Å²) in [6, 6.07) is 8.35. The zero-order valence-corrected chi connectivity index (χ0v) is 13.0. The Balaban J connectivity index is 2.33. The number of amides is 1. The average molecular weight is 273 g/mol. The summed E-state index contributed by atoms with van der Waals surface area (Å²) in [7, 11) is 0. The van der Waals surface area contributed by atoms with Gasteiger partial charge in [-0.25, -0.2) is 0 Å². The summed E-state index contributed by atoms with van der Waals surface area (Å²) in [6.45, 7) is 7.31. The third-order valence-electron chi connectivity index (χ3n) is 3.36. The van der Waals surface area contributed by atoms with Gasteiger partial charge in [0.1, 0.15) is 0 Å². The second-order valence-corrected chi connectivity index (χ2v) is 5.51. The second-order valence-electron chi connectivity index (χ2n) is 5.51. The number of carbonyl (C=O) groups is 1. The SMILES string of the molecule is CCCCCCNC(=O)C=Cc1ccc(C(C)C)cc1. The first-order chi connectivity index (χ1) is 9.63. The molecule has 0 spiro atoms. The highest BCUT2D eigenvalue weighted by Gasteiger charge is 1.98. The summed E-state index contributed by atoms with van der Waals surface area (Å²) in [6.07, 6.45) is 8.21. The third kappa shape index (κ3) is 6.55. The second kappa shape index (κ2) is 9.35. The molecule has 0 unspecified atom stereocenters. The van der Waals surface area contributed by atoms with Crippen LogP contribution >= 0.6 is 0 Å². The molecule has 0 aromatic heterocycles. The van der Waals surface area contributed by atoms with Gasteiger partial charge in [-0.3, -0.25) is 4.79 Å². The van der Waals surface area contributed by atoms with Gasteiger partial charge >= 0.3 is 0 Å². The Morgan fingerprint density at radius 2 is 1.85 bits per heavy atom. The lowest BCUT2D eigenvalue weighted by Crippen LogP contribution is -2.21. The topological polar surface area (TPSA) is 29.1 Å². The maximum atomic E-state index is 11.6. The van der Waals surface area contributed by atoms with Crippen LogP contribution in [0.15, 0.2) is 30.3 Å². The molecule has 1 aromatic carbocycles. The van der Waals surface area contributed by atoms with Crippen molar-refractivity contribution in [2.75, 3.05) is 6.54 Å². The molecule has 0 heterocycles. The van der Waals surface area contributed by atoms with Gasteiger partial charge < -0.3 is 5.32 Å². The van der Waals surface area contributed by atoms with Gasteiger partial charge in [0.25, 0.3) is 0 Å². The minimum Gasteiger partial charge on any atom is -0.353 e. The minimum absolute atomic E-state index is 0.00515. The lowest BCUT2D eigenvalue weighted by Gasteiger charge is -2.04. The molecule has 2 nitrogen and oxygen atoms in total. The van der Waals surface area contributed by atoms with E-state index < -0.39 is 0 Å². The molecule has 0 aliphatic heterocycles. The van der Waals surface area contributed by atoms with Crippen molar-refractivity contribution in [2.45, 2.75) is 52.4 Å². The zero-order chi connectivity index (χ0) is 14.8. The molecule has 1 amide bonds. The van der Waals surface area contributed by atoms with Gasteiger partial charge in [-0.1, -0.05) is 64.3 Å². The molecule has 20 heavy (non-hydrogen) atoms. The Kier molecular flexibility index (Phi) is 7.71. The van der Waals surface area contributed by atoms with E-state index >= 15 is 0 Å². The van der Waals surface area contributed by atoms with E-state index in [0.717, 1.165) is 18.5 Å². The van der Waals surface area contributed by atoms with Crippen LogP contribution in [0.25, 0.3) is 6.08 Å². The van der Waals surface area contributed by atoms with Crippen molar-refractivity contribution in [2.24, 2.45) is 0 Å². The minimum atomic E-state index is -0.00515. The van der Waals surface area contributed by atoms with Crippen molar-refractivity contribution in [3.05, 3.63) is 41.5 Å². The molecule has 1 N–H and O–H groups in total. The van der Waals surface area contributed by atoms with Gasteiger partial charge in [-0.2, -0.15) is 0 Å². The number of rotatable bonds is 8. The Morgan fingerprint density at radius 3 is 2.45 bits per heavy atom. The van der Waals surface area contributed by atoms with E-state index in [1.54, 1.807) is 6.08 Å². The number of hydrogen-bond donors (Lipinski definition) is 1. The first-order valence-corrected chi connectivity index (χ1v) is 7.69. The lowest BCUT2D eigenvalue weighted by molar-refractivity contribution is -0.116. The lowest BCUT2D eigenvalue weighted by atomic mass is 10.0. The van der Waals surface area contributed by atoms with Crippen molar-refractivity contribution >= 4 is 12.0 Å². The molecule has 0 bridgehead atoms. The highest BCUT2D eigenvalue weighted by Crippen LogP contribution is 2.15. The van der Waals surface area contributed by atoms with E-state index in [4.69, 9.17) is 0 Å². The number of nitrogens with one attached hydrogen (secondary N) is 1. The largest absolute Gasteiger partial charge is 0.353 e. The molecule has 0 saturated heterocycles. The molecule has 0 aliphatic carbocycles. The van der Waals surface area contributed by atoms with Gasteiger partial charge in [0, 0.05) is 12.6 Å². The van der Waals surface area contributed by atoms with Crippen molar-refractivity contribution in [1.29, 1.82) is 0 Å². The quantitative estimate of drug-likeness (QED) is 0.547. The van der Waals surface area contributed by atoms with E-state index in [2.05, 4.69) is 50.4 Å². The number of carbonyl (C=O) groups excluding carboxylic acids is 1. The normalized spacial score (nSPS) is 11.2. The maximum Gasteiger partial charge on any atom is 0.243 e. The summed E-state index contributed by atoms with van der Waals surface area (Å²) >= 11 is 0. The summed E-state index contributed by atoms with van der Waals surface area (Å²) in [5.41, 5.74) is 2.39. The summed E-state index contributed by atoms with van der Waals surface area (Å²) in [4.78, 5) is 11.6. The highest BCUT2D eigenvalue weighted by atomic mass is 16.1. The van der Waals surface area contributed by atoms with Crippen LogP contribution in [0.4, 0.5) is 0 Å². The smallest absolute Gasteiger partial charge is 0.243 e. The van der Waals surface area contributed by atoms with E-state index in [0.29, 0.717) is 5.92 Å². The van der Waals surface area contributed by atoms with Crippen LogP contribution in [-0.2, 0) is 4.79 Å². The van der Waals surface area contributed by atoms with Crippen molar-refractivity contribution in [3.63, 3.8) is 0 Å². The van der Waals surface area contributed by atoms with E-state index in [-0.39, 0.29) is 5.91 Å². The van der Waals surface area contributed by atoms with Crippen molar-refractivity contribution < 1.29 is 4.79 Å². The molecule has 0 saturated carbocycles. The van der Waals surface area contributed by atoms with Gasteiger partial charge in [-0.15, -0.1) is 0 Å². The Hall–Kier alpha value is -1.57. The average Bonchev–Trinajstić information content (AvgIpc) is 2.45. The zero-order valence-electron chi connectivity index (χ0n) is 13.0. The van der Waals surface area contributed by atoms with Crippen LogP contribution < -0.4 is 5.32 Å². The van der Waals surface area contributed by atoms with Gasteiger partial charge in [-0.05, 0) is 29.5 Å². The van der Waals surface area contributed by atoms with E-state index in [1.165, 1.54) is 24.8 Å². The highest BCUT2D eigenvalue weighted by molar-refractivity contribution is 5.91. The third-order valence-corrected chi connectivity index (χ3v) is 3.36. The number of unbranched alkanes of at least 4 members (excludes halogenated alkanes) is 3. The van der Waals surface area contributed by atoms with Crippen LogP contribution in [-0.4, -0.2) is 12.5 Å². The fourth-order valence-corrected chi connectivity index (χ4v) is 1.99. The molecule has 0 fully saturated rings. The van der Waals surface area contributed by atoms with Gasteiger partial charge in [0.2, 0.25) is 5.91 Å². The Labute approximate surface area is 123 Å². The van der Waals surface area contributed by atoms with Gasteiger partial charge in [0.15, 0.2) is 0 Å². The fourth-order valence-electron chi connectivity index (χ4n) is 1.99. The van der Waals surface area contributed by atoms with Crippen molar-refractivity contribution in [3.8, 4) is 0 Å². The standard InChI is InChI=1S/C18H27NO/c1-4-5-6-7-14-19-18(20)13-10-16-8-11-17(12-9-16)15(2)3/h8-13,15H,4-7,14H2,1-3H3,(H,19,20).